The van der Waals surface area contributed by atoms with Gasteiger partial charge in [0.15, 0.2) is 11.4 Å². The Hall–Kier alpha value is -2.63. The Morgan fingerprint density at radius 3 is 2.42 bits per heavy atom. The molecule has 0 spiro atoms. The number of benzene rings is 2. The summed E-state index contributed by atoms with van der Waals surface area (Å²) in [5.41, 5.74) is 0.338. The summed E-state index contributed by atoms with van der Waals surface area (Å²) in [4.78, 5) is 36.2. The molecule has 0 fully saturated rings. The lowest BCUT2D eigenvalue weighted by Gasteiger charge is -2.11. The van der Waals surface area contributed by atoms with Gasteiger partial charge in [0.05, 0.1) is 15.6 Å². The van der Waals surface area contributed by atoms with Crippen LogP contribution in [-0.4, -0.2) is 11.8 Å². The highest BCUT2D eigenvalue weighted by atomic mass is 35.5. The largest absolute Gasteiger partial charge is 0.422 e. The molecule has 0 N–H and O–H groups in total. The summed E-state index contributed by atoms with van der Waals surface area (Å²) in [6.45, 7) is 3.03. The molecular weight excluding hydrogens is 379 g/mol. The van der Waals surface area contributed by atoms with Crippen LogP contribution in [0.25, 0.3) is 11.0 Å². The van der Waals surface area contributed by atoms with Crippen molar-refractivity contribution in [2.24, 2.45) is 0 Å². The molecule has 1 heterocycles. The zero-order valence-corrected chi connectivity index (χ0v) is 15.3. The second kappa shape index (κ2) is 6.94. The average molecular weight is 391 g/mol. The van der Waals surface area contributed by atoms with E-state index in [4.69, 9.17) is 32.4 Å². The van der Waals surface area contributed by atoms with Crippen molar-refractivity contribution in [2.45, 2.75) is 13.8 Å². The van der Waals surface area contributed by atoms with Crippen molar-refractivity contribution >= 4 is 45.9 Å². The lowest BCUT2D eigenvalue weighted by molar-refractivity contribution is 0.0733. The fraction of sp³-hybridized carbons (Fsp3) is 0.105. The molecule has 1 aromatic heterocycles. The summed E-state index contributed by atoms with van der Waals surface area (Å²) < 4.78 is 10.5. The molecule has 0 bridgehead atoms. The van der Waals surface area contributed by atoms with E-state index in [0.29, 0.717) is 16.0 Å². The normalized spacial score (nSPS) is 10.8. The van der Waals surface area contributed by atoms with Crippen LogP contribution in [-0.2, 0) is 0 Å². The molecule has 0 amide bonds. The van der Waals surface area contributed by atoms with Crippen molar-refractivity contribution in [1.82, 2.24) is 0 Å². The molecule has 7 heteroatoms. The third-order valence-corrected chi connectivity index (χ3v) is 4.53. The van der Waals surface area contributed by atoms with Gasteiger partial charge in [-0.05, 0) is 49.7 Å². The minimum Gasteiger partial charge on any atom is -0.422 e. The number of carbonyl (C=O) groups is 2. The molecule has 0 aliphatic carbocycles. The fourth-order valence-electron chi connectivity index (χ4n) is 2.57. The molecule has 0 aliphatic rings. The molecule has 0 unspecified atom stereocenters. The van der Waals surface area contributed by atoms with E-state index < -0.39 is 17.4 Å². The Labute approximate surface area is 158 Å². The van der Waals surface area contributed by atoms with Gasteiger partial charge >= 0.3 is 11.6 Å². The van der Waals surface area contributed by atoms with Gasteiger partial charge in [0.2, 0.25) is 0 Å². The van der Waals surface area contributed by atoms with E-state index in [1.807, 2.05) is 0 Å². The smallest absolute Gasteiger partial charge is 0.343 e. The SMILES string of the molecule is CC(=O)c1c(OC(=O)c2ccc(Cl)c(Cl)c2)ccc2c(C)cc(=O)oc12. The van der Waals surface area contributed by atoms with E-state index in [0.717, 1.165) is 0 Å². The summed E-state index contributed by atoms with van der Waals surface area (Å²) in [5, 5.41) is 1.09. The minimum absolute atomic E-state index is 0.00479. The highest BCUT2D eigenvalue weighted by Gasteiger charge is 2.20. The number of fused-ring (bicyclic) bond motifs is 1. The van der Waals surface area contributed by atoms with Crippen LogP contribution in [0.1, 0.15) is 33.2 Å². The minimum atomic E-state index is -0.722. The quantitative estimate of drug-likeness (QED) is 0.277. The van der Waals surface area contributed by atoms with Crippen LogP contribution < -0.4 is 10.4 Å². The van der Waals surface area contributed by atoms with Crippen LogP contribution in [0.3, 0.4) is 0 Å². The van der Waals surface area contributed by atoms with Gasteiger partial charge in [-0.1, -0.05) is 23.2 Å². The van der Waals surface area contributed by atoms with Crippen LogP contribution in [0, 0.1) is 6.92 Å². The summed E-state index contributed by atoms with van der Waals surface area (Å²) in [6.07, 6.45) is 0. The Morgan fingerprint density at radius 1 is 1.04 bits per heavy atom. The summed E-state index contributed by atoms with van der Waals surface area (Å²) in [5.74, 6) is -1.13. The van der Waals surface area contributed by atoms with Gasteiger partial charge in [0.1, 0.15) is 11.3 Å². The maximum absolute atomic E-state index is 12.4. The average Bonchev–Trinajstić information content (AvgIpc) is 2.56. The Kier molecular flexibility index (Phi) is 4.85. The first-order valence-corrected chi connectivity index (χ1v) is 8.29. The van der Waals surface area contributed by atoms with Crippen LogP contribution in [0.15, 0.2) is 45.6 Å². The highest BCUT2D eigenvalue weighted by Crippen LogP contribution is 2.30. The lowest BCUT2D eigenvalue weighted by atomic mass is 10.0. The first-order valence-electron chi connectivity index (χ1n) is 7.53. The number of hydrogen-bond donors (Lipinski definition) is 0. The summed E-state index contributed by atoms with van der Waals surface area (Å²) in [6, 6.07) is 8.72. The van der Waals surface area contributed by atoms with Gasteiger partial charge in [-0.2, -0.15) is 0 Å². The number of ketones is 1. The van der Waals surface area contributed by atoms with Gasteiger partial charge in [0.25, 0.3) is 0 Å². The second-order valence-corrected chi connectivity index (χ2v) is 6.45. The predicted molar refractivity (Wildman–Crippen MR) is 98.6 cm³/mol. The molecule has 132 valence electrons. The lowest BCUT2D eigenvalue weighted by Crippen LogP contribution is -2.12. The molecule has 0 saturated heterocycles. The molecule has 0 saturated carbocycles. The van der Waals surface area contributed by atoms with Gasteiger partial charge < -0.3 is 9.15 Å². The number of ether oxygens (including phenoxy) is 1. The number of esters is 1. The van der Waals surface area contributed by atoms with Crippen molar-refractivity contribution < 1.29 is 18.7 Å². The Balaban J connectivity index is 2.11. The van der Waals surface area contributed by atoms with E-state index in [1.165, 1.54) is 37.3 Å². The molecule has 0 atom stereocenters. The molecule has 26 heavy (non-hydrogen) atoms. The van der Waals surface area contributed by atoms with Gasteiger partial charge in [-0.15, -0.1) is 0 Å². The highest BCUT2D eigenvalue weighted by molar-refractivity contribution is 6.42. The number of carbonyl (C=O) groups excluding carboxylic acids is 2. The zero-order chi connectivity index (χ0) is 19.0. The second-order valence-electron chi connectivity index (χ2n) is 5.64. The molecule has 0 radical (unpaired) electrons. The molecule has 3 rings (SSSR count). The zero-order valence-electron chi connectivity index (χ0n) is 13.8. The number of hydrogen-bond acceptors (Lipinski definition) is 5. The van der Waals surface area contributed by atoms with E-state index in [9.17, 15) is 14.4 Å². The third kappa shape index (κ3) is 3.36. The molecule has 2 aromatic carbocycles. The van der Waals surface area contributed by atoms with Gasteiger partial charge in [-0.25, -0.2) is 9.59 Å². The van der Waals surface area contributed by atoms with Crippen molar-refractivity contribution in [2.75, 3.05) is 0 Å². The number of aryl methyl sites for hydroxylation is 1. The van der Waals surface area contributed by atoms with Crippen molar-refractivity contribution in [3.05, 3.63) is 73.6 Å². The Morgan fingerprint density at radius 2 is 1.77 bits per heavy atom. The molecule has 3 aromatic rings. The van der Waals surface area contributed by atoms with Crippen LogP contribution in [0.5, 0.6) is 5.75 Å². The maximum atomic E-state index is 12.4. The monoisotopic (exact) mass is 390 g/mol. The van der Waals surface area contributed by atoms with Crippen molar-refractivity contribution in [3.63, 3.8) is 0 Å². The molecular formula is C19H12Cl2O5. The first kappa shape index (κ1) is 18.2. The third-order valence-electron chi connectivity index (χ3n) is 3.79. The van der Waals surface area contributed by atoms with Crippen LogP contribution in [0.4, 0.5) is 0 Å². The topological polar surface area (TPSA) is 73.6 Å². The number of halogens is 2. The number of Topliss-reactive ketones (excluding diaryl/α,β-unsaturated/α-hetero) is 1. The standard InChI is InChI=1S/C19H12Cl2O5/c1-9-7-16(23)26-18-12(9)4-6-15(17(18)10(2)22)25-19(24)11-3-5-13(20)14(21)8-11/h3-8H,1-2H3. The predicted octanol–water partition coefficient (Wildman–Crippen LogP) is 4.83. The Bertz CT molecular complexity index is 1110. The van der Waals surface area contributed by atoms with Gasteiger partial charge in [-0.3, -0.25) is 4.79 Å². The number of rotatable bonds is 3. The van der Waals surface area contributed by atoms with E-state index in [1.54, 1.807) is 13.0 Å². The van der Waals surface area contributed by atoms with Crippen molar-refractivity contribution in [1.29, 1.82) is 0 Å². The van der Waals surface area contributed by atoms with E-state index in [-0.39, 0.29) is 27.5 Å². The van der Waals surface area contributed by atoms with Crippen LogP contribution >= 0.6 is 23.2 Å². The van der Waals surface area contributed by atoms with Gasteiger partial charge in [0, 0.05) is 11.5 Å². The van der Waals surface area contributed by atoms with Crippen molar-refractivity contribution in [3.8, 4) is 5.75 Å². The maximum Gasteiger partial charge on any atom is 0.343 e. The molecule has 5 nitrogen and oxygen atoms in total. The summed E-state index contributed by atoms with van der Waals surface area (Å²) >= 11 is 11.7. The molecule has 0 aliphatic heterocycles. The van der Waals surface area contributed by atoms with Crippen LogP contribution in [0.2, 0.25) is 10.0 Å². The summed E-state index contributed by atoms with van der Waals surface area (Å²) in [7, 11) is 0. The first-order chi connectivity index (χ1) is 12.3. The fourth-order valence-corrected chi connectivity index (χ4v) is 2.86. The van der Waals surface area contributed by atoms with E-state index in [2.05, 4.69) is 0 Å². The van der Waals surface area contributed by atoms with E-state index >= 15 is 0 Å².